The predicted molar refractivity (Wildman–Crippen MR) is 73.2 cm³/mol. The number of carbonyl (C=O) groups excluding carboxylic acids is 2. The summed E-state index contributed by atoms with van der Waals surface area (Å²) in [5.41, 5.74) is 2.90. The fraction of sp³-hybridized carbons (Fsp3) is 0.125. The molecule has 0 saturated heterocycles. The summed E-state index contributed by atoms with van der Waals surface area (Å²) in [6.45, 7) is 2.12. The van der Waals surface area contributed by atoms with Gasteiger partial charge in [0.15, 0.2) is 0 Å². The van der Waals surface area contributed by atoms with Gasteiger partial charge in [-0.05, 0) is 36.2 Å². The Morgan fingerprint density at radius 1 is 1.11 bits per heavy atom. The number of rotatable bonds is 4. The molecule has 0 bridgehead atoms. The Morgan fingerprint density at radius 3 is 2.47 bits per heavy atom. The fourth-order valence-corrected chi connectivity index (χ4v) is 1.83. The van der Waals surface area contributed by atoms with Crippen molar-refractivity contribution in [3.8, 4) is 11.1 Å². The normalized spacial score (nSPS) is 9.95. The lowest BCUT2D eigenvalue weighted by molar-refractivity contribution is 0.0526. The summed E-state index contributed by atoms with van der Waals surface area (Å²) in [6.07, 6.45) is 0.804. The maximum atomic E-state index is 11.7. The molecule has 2 aromatic rings. The van der Waals surface area contributed by atoms with Crippen molar-refractivity contribution in [1.29, 1.82) is 0 Å². The van der Waals surface area contributed by atoms with E-state index < -0.39 is 0 Å². The van der Waals surface area contributed by atoms with Gasteiger partial charge in [0.2, 0.25) is 0 Å². The maximum Gasteiger partial charge on any atom is 0.338 e. The SMILES string of the molecule is CCOC(=O)c1cccc(-c2cccc(C=O)c2)c1. The zero-order valence-corrected chi connectivity index (χ0v) is 10.6. The summed E-state index contributed by atoms with van der Waals surface area (Å²) < 4.78 is 4.97. The van der Waals surface area contributed by atoms with Gasteiger partial charge >= 0.3 is 5.97 Å². The molecule has 0 saturated carbocycles. The first-order valence-corrected chi connectivity index (χ1v) is 6.07. The van der Waals surface area contributed by atoms with Crippen LogP contribution in [0.3, 0.4) is 0 Å². The van der Waals surface area contributed by atoms with Crippen molar-refractivity contribution in [1.82, 2.24) is 0 Å². The van der Waals surface area contributed by atoms with E-state index in [0.717, 1.165) is 17.4 Å². The van der Waals surface area contributed by atoms with Crippen LogP contribution in [0.25, 0.3) is 11.1 Å². The van der Waals surface area contributed by atoms with Crippen LogP contribution < -0.4 is 0 Å². The molecule has 2 rings (SSSR count). The molecule has 0 spiro atoms. The summed E-state index contributed by atoms with van der Waals surface area (Å²) in [7, 11) is 0. The Bertz CT molecular complexity index is 602. The van der Waals surface area contributed by atoms with E-state index in [1.165, 1.54) is 0 Å². The van der Waals surface area contributed by atoms with Gasteiger partial charge in [-0.2, -0.15) is 0 Å². The Hall–Kier alpha value is -2.42. The highest BCUT2D eigenvalue weighted by molar-refractivity contribution is 5.91. The fourth-order valence-electron chi connectivity index (χ4n) is 1.83. The van der Waals surface area contributed by atoms with E-state index >= 15 is 0 Å². The topological polar surface area (TPSA) is 43.4 Å². The summed E-state index contributed by atoms with van der Waals surface area (Å²) in [4.78, 5) is 22.4. The van der Waals surface area contributed by atoms with Crippen LogP contribution in [0, 0.1) is 0 Å². The second-order valence-corrected chi connectivity index (χ2v) is 4.04. The largest absolute Gasteiger partial charge is 0.462 e. The number of aldehydes is 1. The highest BCUT2D eigenvalue weighted by Gasteiger charge is 2.07. The highest BCUT2D eigenvalue weighted by Crippen LogP contribution is 2.21. The van der Waals surface area contributed by atoms with E-state index in [9.17, 15) is 9.59 Å². The Morgan fingerprint density at radius 2 is 1.79 bits per heavy atom. The molecular formula is C16H14O3. The monoisotopic (exact) mass is 254 g/mol. The first-order chi connectivity index (χ1) is 9.24. The van der Waals surface area contributed by atoms with Gasteiger partial charge in [0.1, 0.15) is 6.29 Å². The van der Waals surface area contributed by atoms with E-state index in [2.05, 4.69) is 0 Å². The van der Waals surface area contributed by atoms with Crippen LogP contribution >= 0.6 is 0 Å². The molecule has 0 fully saturated rings. The second kappa shape index (κ2) is 5.96. The minimum Gasteiger partial charge on any atom is -0.462 e. The summed E-state index contributed by atoms with van der Waals surface area (Å²) in [5.74, 6) is -0.337. The summed E-state index contributed by atoms with van der Waals surface area (Å²) in [6, 6.07) is 14.4. The molecule has 0 aliphatic rings. The van der Waals surface area contributed by atoms with Crippen LogP contribution in [-0.4, -0.2) is 18.9 Å². The molecule has 0 heterocycles. The van der Waals surface area contributed by atoms with Crippen molar-refractivity contribution >= 4 is 12.3 Å². The van der Waals surface area contributed by atoms with E-state index in [0.29, 0.717) is 17.7 Å². The zero-order chi connectivity index (χ0) is 13.7. The minimum atomic E-state index is -0.337. The third-order valence-electron chi connectivity index (χ3n) is 2.73. The van der Waals surface area contributed by atoms with Crippen LogP contribution in [0.1, 0.15) is 27.6 Å². The quantitative estimate of drug-likeness (QED) is 0.620. The smallest absolute Gasteiger partial charge is 0.338 e. The molecule has 2 aromatic carbocycles. The zero-order valence-electron chi connectivity index (χ0n) is 10.6. The lowest BCUT2D eigenvalue weighted by Crippen LogP contribution is -2.04. The summed E-state index contributed by atoms with van der Waals surface area (Å²) in [5, 5.41) is 0. The Balaban J connectivity index is 2.37. The molecule has 0 unspecified atom stereocenters. The minimum absolute atomic E-state index is 0.337. The summed E-state index contributed by atoms with van der Waals surface area (Å²) >= 11 is 0. The maximum absolute atomic E-state index is 11.7. The number of benzene rings is 2. The number of ether oxygens (including phenoxy) is 1. The van der Waals surface area contributed by atoms with Crippen LogP contribution in [0.2, 0.25) is 0 Å². The Labute approximate surface area is 111 Å². The third kappa shape index (κ3) is 3.07. The van der Waals surface area contributed by atoms with Gasteiger partial charge in [-0.1, -0.05) is 30.3 Å². The average molecular weight is 254 g/mol. The molecule has 0 N–H and O–H groups in total. The van der Waals surface area contributed by atoms with E-state index in [4.69, 9.17) is 4.74 Å². The van der Waals surface area contributed by atoms with Crippen LogP contribution in [0.15, 0.2) is 48.5 Å². The van der Waals surface area contributed by atoms with E-state index in [-0.39, 0.29) is 5.97 Å². The van der Waals surface area contributed by atoms with Gasteiger partial charge < -0.3 is 4.74 Å². The standard InChI is InChI=1S/C16H14O3/c1-2-19-16(18)15-8-4-7-14(10-15)13-6-3-5-12(9-13)11-17/h3-11H,2H2,1H3. The number of esters is 1. The molecule has 19 heavy (non-hydrogen) atoms. The lowest BCUT2D eigenvalue weighted by atomic mass is 10.0. The van der Waals surface area contributed by atoms with Crippen molar-refractivity contribution in [2.24, 2.45) is 0 Å². The van der Waals surface area contributed by atoms with E-state index in [1.54, 1.807) is 37.3 Å². The predicted octanol–water partition coefficient (Wildman–Crippen LogP) is 3.34. The number of carbonyl (C=O) groups is 2. The van der Waals surface area contributed by atoms with Gasteiger partial charge in [-0.25, -0.2) is 4.79 Å². The molecular weight excluding hydrogens is 240 g/mol. The van der Waals surface area contributed by atoms with Gasteiger partial charge in [0, 0.05) is 5.56 Å². The molecule has 3 heteroatoms. The van der Waals surface area contributed by atoms with Crippen molar-refractivity contribution in [2.75, 3.05) is 6.61 Å². The number of hydrogen-bond acceptors (Lipinski definition) is 3. The molecule has 0 atom stereocenters. The average Bonchev–Trinajstić information content (AvgIpc) is 2.48. The van der Waals surface area contributed by atoms with E-state index in [1.807, 2.05) is 18.2 Å². The van der Waals surface area contributed by atoms with Crippen LogP contribution in [0.4, 0.5) is 0 Å². The molecule has 96 valence electrons. The third-order valence-corrected chi connectivity index (χ3v) is 2.73. The first-order valence-electron chi connectivity index (χ1n) is 6.07. The van der Waals surface area contributed by atoms with Crippen molar-refractivity contribution in [3.63, 3.8) is 0 Å². The van der Waals surface area contributed by atoms with Crippen molar-refractivity contribution in [3.05, 3.63) is 59.7 Å². The second-order valence-electron chi connectivity index (χ2n) is 4.04. The lowest BCUT2D eigenvalue weighted by Gasteiger charge is -2.06. The highest BCUT2D eigenvalue weighted by atomic mass is 16.5. The number of hydrogen-bond donors (Lipinski definition) is 0. The molecule has 0 radical (unpaired) electrons. The van der Waals surface area contributed by atoms with Gasteiger partial charge in [0.05, 0.1) is 12.2 Å². The van der Waals surface area contributed by atoms with Gasteiger partial charge in [-0.3, -0.25) is 4.79 Å². The molecule has 0 amide bonds. The first kappa shape index (κ1) is 13.0. The van der Waals surface area contributed by atoms with Crippen LogP contribution in [-0.2, 0) is 4.74 Å². The molecule has 0 aliphatic carbocycles. The van der Waals surface area contributed by atoms with Crippen LogP contribution in [0.5, 0.6) is 0 Å². The van der Waals surface area contributed by atoms with Gasteiger partial charge in [0.25, 0.3) is 0 Å². The van der Waals surface area contributed by atoms with Crippen molar-refractivity contribution in [2.45, 2.75) is 6.92 Å². The van der Waals surface area contributed by atoms with Crippen molar-refractivity contribution < 1.29 is 14.3 Å². The molecule has 0 aromatic heterocycles. The Kier molecular flexibility index (Phi) is 4.08. The molecule has 0 aliphatic heterocycles. The van der Waals surface area contributed by atoms with Gasteiger partial charge in [-0.15, -0.1) is 0 Å². The molecule has 3 nitrogen and oxygen atoms in total.